The molecule has 0 aliphatic heterocycles. The van der Waals surface area contributed by atoms with E-state index in [4.69, 9.17) is 10.2 Å². The average Bonchev–Trinajstić information content (AvgIpc) is 2.91. The van der Waals surface area contributed by atoms with Crippen LogP contribution in [0.3, 0.4) is 0 Å². The number of rotatable bonds is 5. The highest BCUT2D eigenvalue weighted by Gasteiger charge is 2.43. The van der Waals surface area contributed by atoms with E-state index in [1.54, 1.807) is 0 Å². The summed E-state index contributed by atoms with van der Waals surface area (Å²) in [6.45, 7) is 0.575. The number of hydrogen-bond acceptors (Lipinski definition) is 3. The van der Waals surface area contributed by atoms with E-state index in [1.165, 1.54) is 0 Å². The summed E-state index contributed by atoms with van der Waals surface area (Å²) in [4.78, 5) is 22.9. The number of carboxylic acid groups (broad SMARTS) is 1. The Morgan fingerprint density at radius 1 is 1.24 bits per heavy atom. The molecule has 2 aliphatic carbocycles. The van der Waals surface area contributed by atoms with Crippen molar-refractivity contribution in [3.05, 3.63) is 0 Å². The first-order valence-electron chi connectivity index (χ1n) is 6.19. The van der Waals surface area contributed by atoms with Crippen LogP contribution < -0.4 is 5.32 Å². The average molecular weight is 241 g/mol. The number of aliphatic hydroxyl groups is 1. The van der Waals surface area contributed by atoms with Crippen molar-refractivity contribution in [2.75, 3.05) is 13.2 Å². The molecule has 3 N–H and O–H groups in total. The number of carbonyl (C=O) groups excluding carboxylic acids is 1. The van der Waals surface area contributed by atoms with Gasteiger partial charge in [0, 0.05) is 12.0 Å². The number of aliphatic hydroxyl groups excluding tert-OH is 1. The fourth-order valence-electron chi connectivity index (χ4n) is 2.54. The van der Waals surface area contributed by atoms with Gasteiger partial charge in [-0.1, -0.05) is 6.42 Å². The molecule has 1 amide bonds. The largest absolute Gasteiger partial charge is 0.481 e. The van der Waals surface area contributed by atoms with Gasteiger partial charge in [-0.15, -0.1) is 0 Å². The molecule has 0 aromatic heterocycles. The van der Waals surface area contributed by atoms with Gasteiger partial charge in [-0.2, -0.15) is 0 Å². The monoisotopic (exact) mass is 241 g/mol. The lowest BCUT2D eigenvalue weighted by Crippen LogP contribution is -2.39. The molecule has 2 rings (SSSR count). The van der Waals surface area contributed by atoms with Gasteiger partial charge in [0.25, 0.3) is 0 Å². The van der Waals surface area contributed by atoms with Crippen LogP contribution in [-0.4, -0.2) is 35.2 Å². The van der Waals surface area contributed by atoms with Gasteiger partial charge in [0.1, 0.15) is 0 Å². The maximum absolute atomic E-state index is 11.9. The molecule has 17 heavy (non-hydrogen) atoms. The van der Waals surface area contributed by atoms with E-state index in [2.05, 4.69) is 5.32 Å². The van der Waals surface area contributed by atoms with Crippen LogP contribution in [0, 0.1) is 17.3 Å². The molecule has 0 aromatic rings. The summed E-state index contributed by atoms with van der Waals surface area (Å²) in [6.07, 6.45) is 3.95. The highest BCUT2D eigenvalue weighted by atomic mass is 16.4. The number of carboxylic acids is 1. The Labute approximate surface area is 100 Å². The Morgan fingerprint density at radius 2 is 1.88 bits per heavy atom. The third-order valence-corrected chi connectivity index (χ3v) is 4.10. The quantitative estimate of drug-likeness (QED) is 0.649. The number of amides is 1. The minimum absolute atomic E-state index is 0.0975. The van der Waals surface area contributed by atoms with E-state index in [-0.39, 0.29) is 23.8 Å². The van der Waals surface area contributed by atoms with Gasteiger partial charge in [-0.3, -0.25) is 9.59 Å². The molecule has 0 unspecified atom stereocenters. The predicted molar refractivity (Wildman–Crippen MR) is 60.2 cm³/mol. The van der Waals surface area contributed by atoms with Gasteiger partial charge in [0.2, 0.25) is 5.91 Å². The van der Waals surface area contributed by atoms with Crippen molar-refractivity contribution in [1.29, 1.82) is 0 Å². The van der Waals surface area contributed by atoms with E-state index in [9.17, 15) is 9.59 Å². The van der Waals surface area contributed by atoms with Gasteiger partial charge in [0.15, 0.2) is 0 Å². The second-order valence-corrected chi connectivity index (χ2v) is 5.36. The first-order valence-corrected chi connectivity index (χ1v) is 6.19. The van der Waals surface area contributed by atoms with Crippen LogP contribution in [0.25, 0.3) is 0 Å². The number of nitrogens with one attached hydrogen (secondary N) is 1. The second-order valence-electron chi connectivity index (χ2n) is 5.36. The lowest BCUT2D eigenvalue weighted by Gasteiger charge is -2.18. The minimum atomic E-state index is -0.869. The zero-order valence-electron chi connectivity index (χ0n) is 9.82. The summed E-state index contributed by atoms with van der Waals surface area (Å²) >= 11 is 0. The summed E-state index contributed by atoms with van der Waals surface area (Å²) in [6, 6.07) is 0. The van der Waals surface area contributed by atoms with Gasteiger partial charge >= 0.3 is 5.97 Å². The van der Waals surface area contributed by atoms with Crippen molar-refractivity contribution in [3.63, 3.8) is 0 Å². The molecular formula is C12H19NO4. The van der Waals surface area contributed by atoms with Crippen LogP contribution in [0.2, 0.25) is 0 Å². The highest BCUT2D eigenvalue weighted by Crippen LogP contribution is 2.44. The Hall–Kier alpha value is -1.10. The van der Waals surface area contributed by atoms with Crippen molar-refractivity contribution in [2.24, 2.45) is 17.3 Å². The molecule has 0 heterocycles. The van der Waals surface area contributed by atoms with Crippen molar-refractivity contribution in [1.82, 2.24) is 5.32 Å². The van der Waals surface area contributed by atoms with Crippen LogP contribution in [0.4, 0.5) is 0 Å². The van der Waals surface area contributed by atoms with Crippen molar-refractivity contribution < 1.29 is 19.8 Å². The Kier molecular flexibility index (Phi) is 3.38. The smallest absolute Gasteiger partial charge is 0.307 e. The van der Waals surface area contributed by atoms with Gasteiger partial charge in [-0.05, 0) is 25.7 Å². The van der Waals surface area contributed by atoms with Crippen LogP contribution in [0.15, 0.2) is 0 Å². The summed E-state index contributed by atoms with van der Waals surface area (Å²) in [5, 5.41) is 20.9. The van der Waals surface area contributed by atoms with Crippen LogP contribution in [-0.2, 0) is 9.59 Å². The number of hydrogen-bond donors (Lipinski definition) is 3. The number of carbonyl (C=O) groups is 2. The molecule has 2 saturated carbocycles. The Bertz CT molecular complexity index is 324. The van der Waals surface area contributed by atoms with Gasteiger partial charge in [-0.25, -0.2) is 0 Å². The maximum atomic E-state index is 11.9. The third kappa shape index (κ3) is 2.60. The molecule has 0 spiro atoms. The Morgan fingerprint density at radius 3 is 2.41 bits per heavy atom. The summed E-state index contributed by atoms with van der Waals surface area (Å²) in [7, 11) is 0. The zero-order valence-corrected chi connectivity index (χ0v) is 9.82. The van der Waals surface area contributed by atoms with E-state index in [0.717, 1.165) is 19.3 Å². The van der Waals surface area contributed by atoms with Gasteiger partial charge in [0.05, 0.1) is 18.4 Å². The molecule has 5 nitrogen and oxygen atoms in total. The molecule has 0 aromatic carbocycles. The molecule has 5 heteroatoms. The third-order valence-electron chi connectivity index (χ3n) is 4.10. The van der Waals surface area contributed by atoms with E-state index < -0.39 is 11.9 Å². The van der Waals surface area contributed by atoms with Crippen LogP contribution >= 0.6 is 0 Å². The molecule has 2 fully saturated rings. The van der Waals surface area contributed by atoms with Gasteiger partial charge < -0.3 is 15.5 Å². The first-order chi connectivity index (χ1) is 8.08. The number of aliphatic carboxylic acids is 1. The van der Waals surface area contributed by atoms with Crippen LogP contribution in [0.5, 0.6) is 0 Å². The molecule has 2 atom stereocenters. The maximum Gasteiger partial charge on any atom is 0.307 e. The summed E-state index contributed by atoms with van der Waals surface area (Å²) < 4.78 is 0. The SMILES string of the molecule is O=C(O)[C@H]1CCC[C@H]1C(=O)NCC1(CO)CC1. The fourth-order valence-corrected chi connectivity index (χ4v) is 2.54. The molecule has 0 saturated heterocycles. The van der Waals surface area contributed by atoms with E-state index in [0.29, 0.717) is 19.4 Å². The van der Waals surface area contributed by atoms with Crippen LogP contribution in [0.1, 0.15) is 32.1 Å². The van der Waals surface area contributed by atoms with E-state index >= 15 is 0 Å². The zero-order chi connectivity index (χ0) is 12.5. The molecular weight excluding hydrogens is 222 g/mol. The van der Waals surface area contributed by atoms with E-state index in [1.807, 2.05) is 0 Å². The van der Waals surface area contributed by atoms with Crippen molar-refractivity contribution >= 4 is 11.9 Å². The standard InChI is InChI=1S/C12H19NO4/c14-7-12(4-5-12)6-13-10(15)8-2-1-3-9(8)11(16)17/h8-9,14H,1-7H2,(H,13,15)(H,16,17)/t8-,9+/m1/s1. The molecule has 0 bridgehead atoms. The summed E-state index contributed by atoms with van der Waals surface area (Å²) in [5.74, 6) is -1.94. The topological polar surface area (TPSA) is 86.6 Å². The molecule has 96 valence electrons. The Balaban J connectivity index is 1.85. The van der Waals surface area contributed by atoms with Crippen molar-refractivity contribution in [3.8, 4) is 0 Å². The highest BCUT2D eigenvalue weighted by molar-refractivity contribution is 5.85. The fraction of sp³-hybridized carbons (Fsp3) is 0.833. The second kappa shape index (κ2) is 4.64. The minimum Gasteiger partial charge on any atom is -0.481 e. The predicted octanol–water partition coefficient (Wildman–Crippen LogP) is 0.376. The first kappa shape index (κ1) is 12.4. The molecule has 0 radical (unpaired) electrons. The lowest BCUT2D eigenvalue weighted by molar-refractivity contribution is -0.146. The normalized spacial score (nSPS) is 29.9. The van der Waals surface area contributed by atoms with Crippen molar-refractivity contribution in [2.45, 2.75) is 32.1 Å². The summed E-state index contributed by atoms with van der Waals surface area (Å²) in [5.41, 5.74) is -0.118. The lowest BCUT2D eigenvalue weighted by atomic mass is 9.95. The molecule has 2 aliphatic rings.